The van der Waals surface area contributed by atoms with Crippen LogP contribution in [-0.4, -0.2) is 11.3 Å². The molecule has 0 aromatic carbocycles. The standard InChI is InChI=1S/C5H3ClNO/c6-4-1-2-7-5(4)3-8/h1-2,7H. The van der Waals surface area contributed by atoms with Crippen LogP contribution in [0.3, 0.4) is 0 Å². The molecule has 1 N–H and O–H groups in total. The number of hydrogen-bond donors (Lipinski definition) is 1. The molecule has 0 atom stereocenters. The van der Waals surface area contributed by atoms with Crippen molar-refractivity contribution in [3.05, 3.63) is 23.0 Å². The zero-order valence-electron chi connectivity index (χ0n) is 3.94. The fourth-order valence-corrected chi connectivity index (χ4v) is 0.585. The molecule has 2 nitrogen and oxygen atoms in total. The number of nitrogens with one attached hydrogen (secondary N) is 1. The number of carbonyl (C=O) groups excluding carboxylic acids is 1. The molecular formula is C5H3ClNO. The molecule has 0 unspecified atom stereocenters. The molecule has 0 aliphatic carbocycles. The molecule has 1 heterocycles. The first kappa shape index (κ1) is 5.38. The molecule has 1 rings (SSSR count). The molecule has 8 heavy (non-hydrogen) atoms. The SMILES string of the molecule is O=[C]c1[nH]ccc1Cl. The van der Waals surface area contributed by atoms with Crippen LogP contribution in [0.2, 0.25) is 5.02 Å². The van der Waals surface area contributed by atoms with E-state index in [2.05, 4.69) is 4.98 Å². The summed E-state index contributed by atoms with van der Waals surface area (Å²) < 4.78 is 0. The second kappa shape index (κ2) is 2.01. The summed E-state index contributed by atoms with van der Waals surface area (Å²) in [5.74, 6) is 0. The number of aromatic amines is 1. The minimum absolute atomic E-state index is 0.312. The van der Waals surface area contributed by atoms with Gasteiger partial charge in [0.15, 0.2) is 0 Å². The zero-order valence-corrected chi connectivity index (χ0v) is 4.70. The monoisotopic (exact) mass is 128 g/mol. The Morgan fingerprint density at radius 3 is 2.75 bits per heavy atom. The topological polar surface area (TPSA) is 32.9 Å². The summed E-state index contributed by atoms with van der Waals surface area (Å²) in [6.45, 7) is 0. The largest absolute Gasteiger partial charge is 0.357 e. The van der Waals surface area contributed by atoms with Crippen molar-refractivity contribution in [2.45, 2.75) is 0 Å². The van der Waals surface area contributed by atoms with Crippen LogP contribution in [0.15, 0.2) is 12.3 Å². The molecule has 0 saturated carbocycles. The van der Waals surface area contributed by atoms with Crippen molar-refractivity contribution in [2.24, 2.45) is 0 Å². The molecule has 0 amide bonds. The van der Waals surface area contributed by atoms with Crippen LogP contribution in [0.5, 0.6) is 0 Å². The van der Waals surface area contributed by atoms with Gasteiger partial charge in [0.25, 0.3) is 6.29 Å². The first-order valence-electron chi connectivity index (χ1n) is 2.05. The van der Waals surface area contributed by atoms with Gasteiger partial charge in [-0.15, -0.1) is 0 Å². The third kappa shape index (κ3) is 0.746. The predicted octanol–water partition coefficient (Wildman–Crippen LogP) is 1.13. The molecule has 0 bridgehead atoms. The average Bonchev–Trinajstić information content (AvgIpc) is 2.14. The molecule has 0 aliphatic heterocycles. The van der Waals surface area contributed by atoms with Crippen molar-refractivity contribution in [2.75, 3.05) is 0 Å². The molecule has 3 heteroatoms. The summed E-state index contributed by atoms with van der Waals surface area (Å²) in [4.78, 5) is 12.4. The van der Waals surface area contributed by atoms with Gasteiger partial charge in [0, 0.05) is 6.20 Å². The number of H-pyrrole nitrogens is 1. The molecule has 1 radical (unpaired) electrons. The van der Waals surface area contributed by atoms with Crippen LogP contribution in [-0.2, 0) is 4.79 Å². The van der Waals surface area contributed by atoms with Crippen molar-refractivity contribution in [1.29, 1.82) is 0 Å². The lowest BCUT2D eigenvalue weighted by Gasteiger charge is -1.76. The van der Waals surface area contributed by atoms with Crippen LogP contribution >= 0.6 is 11.6 Å². The van der Waals surface area contributed by atoms with Gasteiger partial charge in [0.2, 0.25) is 0 Å². The Labute approximate surface area is 51.5 Å². The number of hydrogen-bond acceptors (Lipinski definition) is 1. The Balaban J connectivity index is 3.09. The summed E-state index contributed by atoms with van der Waals surface area (Å²) in [5.41, 5.74) is 0.312. The highest BCUT2D eigenvalue weighted by Crippen LogP contribution is 2.09. The maximum Gasteiger partial charge on any atom is 0.252 e. The Morgan fingerprint density at radius 1 is 1.75 bits per heavy atom. The lowest BCUT2D eigenvalue weighted by molar-refractivity contribution is 0.561. The molecule has 41 valence electrons. The van der Waals surface area contributed by atoms with E-state index in [1.807, 2.05) is 0 Å². The average molecular weight is 129 g/mol. The second-order valence-electron chi connectivity index (χ2n) is 1.30. The van der Waals surface area contributed by atoms with Gasteiger partial charge in [-0.3, -0.25) is 4.79 Å². The zero-order chi connectivity index (χ0) is 5.98. The molecule has 0 aliphatic rings. The van der Waals surface area contributed by atoms with E-state index in [0.29, 0.717) is 10.7 Å². The number of halogens is 1. The first-order chi connectivity index (χ1) is 3.84. The number of rotatable bonds is 1. The van der Waals surface area contributed by atoms with Gasteiger partial charge in [-0.1, -0.05) is 11.6 Å². The van der Waals surface area contributed by atoms with Crippen LogP contribution in [0.1, 0.15) is 5.69 Å². The van der Waals surface area contributed by atoms with Crippen molar-refractivity contribution in [3.8, 4) is 0 Å². The van der Waals surface area contributed by atoms with Gasteiger partial charge in [0.1, 0.15) is 5.69 Å². The van der Waals surface area contributed by atoms with E-state index in [4.69, 9.17) is 11.6 Å². The van der Waals surface area contributed by atoms with Crippen molar-refractivity contribution in [1.82, 2.24) is 4.98 Å². The molecule has 0 saturated heterocycles. The maximum atomic E-state index is 9.85. The molecule has 1 aromatic rings. The van der Waals surface area contributed by atoms with Crippen LogP contribution < -0.4 is 0 Å². The van der Waals surface area contributed by atoms with Gasteiger partial charge in [-0.2, -0.15) is 0 Å². The summed E-state index contributed by atoms with van der Waals surface area (Å²) in [5, 5.41) is 0.417. The van der Waals surface area contributed by atoms with E-state index < -0.39 is 0 Å². The van der Waals surface area contributed by atoms with E-state index in [0.717, 1.165) is 0 Å². The third-order valence-electron chi connectivity index (χ3n) is 0.798. The Morgan fingerprint density at radius 2 is 2.50 bits per heavy atom. The second-order valence-corrected chi connectivity index (χ2v) is 1.71. The van der Waals surface area contributed by atoms with Crippen molar-refractivity contribution in [3.63, 3.8) is 0 Å². The summed E-state index contributed by atoms with van der Waals surface area (Å²) in [7, 11) is 0. The molecule has 1 aromatic heterocycles. The highest BCUT2D eigenvalue weighted by atomic mass is 35.5. The van der Waals surface area contributed by atoms with Gasteiger partial charge in [-0.25, -0.2) is 0 Å². The van der Waals surface area contributed by atoms with Crippen LogP contribution in [0.4, 0.5) is 0 Å². The van der Waals surface area contributed by atoms with Gasteiger partial charge in [0.05, 0.1) is 5.02 Å². The van der Waals surface area contributed by atoms with Crippen molar-refractivity contribution < 1.29 is 4.79 Å². The Kier molecular flexibility index (Phi) is 1.35. The van der Waals surface area contributed by atoms with E-state index in [1.54, 1.807) is 18.5 Å². The maximum absolute atomic E-state index is 9.85. The Bertz CT molecular complexity index is 194. The smallest absolute Gasteiger partial charge is 0.252 e. The fraction of sp³-hybridized carbons (Fsp3) is 0. The van der Waals surface area contributed by atoms with Gasteiger partial charge < -0.3 is 4.98 Å². The molecule has 0 fully saturated rings. The van der Waals surface area contributed by atoms with Crippen LogP contribution in [0.25, 0.3) is 0 Å². The quantitative estimate of drug-likeness (QED) is 0.604. The summed E-state index contributed by atoms with van der Waals surface area (Å²) in [6, 6.07) is 1.60. The molecular weight excluding hydrogens is 126 g/mol. The summed E-state index contributed by atoms with van der Waals surface area (Å²) in [6.07, 6.45) is 3.22. The van der Waals surface area contributed by atoms with Gasteiger partial charge in [-0.05, 0) is 6.07 Å². The van der Waals surface area contributed by atoms with E-state index in [9.17, 15) is 4.79 Å². The minimum Gasteiger partial charge on any atom is -0.357 e. The lowest BCUT2D eigenvalue weighted by atomic mass is 10.5. The normalized spacial score (nSPS) is 9.12. The van der Waals surface area contributed by atoms with Gasteiger partial charge >= 0.3 is 0 Å². The summed E-state index contributed by atoms with van der Waals surface area (Å²) >= 11 is 5.45. The van der Waals surface area contributed by atoms with Crippen LogP contribution in [0, 0.1) is 0 Å². The lowest BCUT2D eigenvalue weighted by Crippen LogP contribution is -1.76. The molecule has 0 spiro atoms. The minimum atomic E-state index is 0.312. The fourth-order valence-electron chi connectivity index (χ4n) is 0.429. The first-order valence-corrected chi connectivity index (χ1v) is 2.43. The third-order valence-corrected chi connectivity index (χ3v) is 1.11. The van der Waals surface area contributed by atoms with Crippen molar-refractivity contribution >= 4 is 17.9 Å². The highest BCUT2D eigenvalue weighted by molar-refractivity contribution is 6.32. The highest BCUT2D eigenvalue weighted by Gasteiger charge is 1.96. The van der Waals surface area contributed by atoms with E-state index >= 15 is 0 Å². The predicted molar refractivity (Wildman–Crippen MR) is 30.6 cm³/mol. The van der Waals surface area contributed by atoms with E-state index in [1.165, 1.54) is 0 Å². The Hall–Kier alpha value is -0.760. The van der Waals surface area contributed by atoms with E-state index in [-0.39, 0.29) is 0 Å². The number of aromatic nitrogens is 1.